The smallest absolute Gasteiger partial charge is 0.0789 e. The van der Waals surface area contributed by atoms with Gasteiger partial charge in [0.2, 0.25) is 0 Å². The minimum Gasteiger partial charge on any atom is -0.390 e. The van der Waals surface area contributed by atoms with Gasteiger partial charge >= 0.3 is 0 Å². The first-order valence-electron chi connectivity index (χ1n) is 15.5. The number of β-amino-alcohol motifs (C(OH)–C–C–N with tert-alkyl or cyclic N) is 1. The third kappa shape index (κ3) is 6.58. The van der Waals surface area contributed by atoms with Crippen LogP contribution in [0.4, 0.5) is 0 Å². The zero-order valence-corrected chi connectivity index (χ0v) is 22.0. The number of unbranched alkanes of at least 4 members (excludes halogenated alkanes) is 3. The van der Waals surface area contributed by atoms with Crippen molar-refractivity contribution in [2.24, 2.45) is 47.2 Å². The third-order valence-corrected chi connectivity index (χ3v) is 11.2. The highest BCUT2D eigenvalue weighted by Gasteiger charge is 2.43. The predicted molar refractivity (Wildman–Crippen MR) is 142 cm³/mol. The number of hydrogen-bond donors (Lipinski definition) is 3. The number of aliphatic hydroxyl groups excluding tert-OH is 1. The maximum absolute atomic E-state index is 9.86. The van der Waals surface area contributed by atoms with E-state index in [0.29, 0.717) is 6.54 Å². The van der Waals surface area contributed by atoms with E-state index in [4.69, 9.17) is 5.73 Å². The van der Waals surface area contributed by atoms with Gasteiger partial charge in [0.05, 0.1) is 6.10 Å². The van der Waals surface area contributed by atoms with Crippen molar-refractivity contribution in [3.8, 4) is 0 Å². The summed E-state index contributed by atoms with van der Waals surface area (Å²) >= 11 is 0. The standard InChI is InChI=1S/C30H55N3O/c31-19-28(34)21-33-13-11-22(12-14-33)20-32-30(29-18-24-8-10-27(29)17-24)6-4-2-1-3-5-25-15-23-7-9-26(25)16-23/h22-30,32,34H,1-21,31H2. The van der Waals surface area contributed by atoms with Crippen LogP contribution in [0.5, 0.6) is 0 Å². The molecule has 4 saturated carbocycles. The SMILES string of the molecule is NCC(O)CN1CCC(CNC(CCCCCCC2CC3CCC2C3)C2CC3CCC2C3)CC1. The highest BCUT2D eigenvalue weighted by Crippen LogP contribution is 2.51. The Morgan fingerprint density at radius 2 is 1.56 bits per heavy atom. The Morgan fingerprint density at radius 1 is 0.824 bits per heavy atom. The number of nitrogens with two attached hydrogens (primary N) is 1. The number of rotatable bonds is 14. The molecule has 4 bridgehead atoms. The Morgan fingerprint density at radius 3 is 2.21 bits per heavy atom. The maximum atomic E-state index is 9.86. The second-order valence-corrected chi connectivity index (χ2v) is 13.4. The van der Waals surface area contributed by atoms with E-state index in [1.165, 1.54) is 83.6 Å². The van der Waals surface area contributed by atoms with Crippen LogP contribution < -0.4 is 11.1 Å². The quantitative estimate of drug-likeness (QED) is 0.304. The van der Waals surface area contributed by atoms with E-state index in [-0.39, 0.29) is 6.10 Å². The van der Waals surface area contributed by atoms with E-state index in [2.05, 4.69) is 10.2 Å². The lowest BCUT2D eigenvalue weighted by Gasteiger charge is -2.36. The van der Waals surface area contributed by atoms with Crippen molar-refractivity contribution in [3.05, 3.63) is 0 Å². The summed E-state index contributed by atoms with van der Waals surface area (Å²) in [7, 11) is 0. The Bertz CT molecular complexity index is 606. The van der Waals surface area contributed by atoms with E-state index in [9.17, 15) is 5.11 Å². The molecule has 5 aliphatic rings. The number of nitrogens with zero attached hydrogens (tertiary/aromatic N) is 1. The van der Waals surface area contributed by atoms with E-state index in [1.54, 1.807) is 25.7 Å². The number of nitrogens with one attached hydrogen (secondary N) is 1. The monoisotopic (exact) mass is 473 g/mol. The third-order valence-electron chi connectivity index (χ3n) is 11.2. The zero-order valence-electron chi connectivity index (χ0n) is 22.0. The van der Waals surface area contributed by atoms with Crippen LogP contribution in [0.2, 0.25) is 0 Å². The van der Waals surface area contributed by atoms with Crippen molar-refractivity contribution < 1.29 is 5.11 Å². The van der Waals surface area contributed by atoms with Gasteiger partial charge in [-0.2, -0.15) is 0 Å². The van der Waals surface area contributed by atoms with Crippen LogP contribution in [-0.2, 0) is 0 Å². The molecule has 4 aliphatic carbocycles. The van der Waals surface area contributed by atoms with Crippen LogP contribution in [0.25, 0.3) is 0 Å². The van der Waals surface area contributed by atoms with Gasteiger partial charge in [0.25, 0.3) is 0 Å². The molecule has 0 aromatic carbocycles. The molecule has 4 nitrogen and oxygen atoms in total. The van der Waals surface area contributed by atoms with Crippen LogP contribution in [0.3, 0.4) is 0 Å². The molecular weight excluding hydrogens is 418 g/mol. The summed E-state index contributed by atoms with van der Waals surface area (Å²) in [6.07, 6.45) is 23.4. The molecule has 1 heterocycles. The minimum atomic E-state index is -0.356. The van der Waals surface area contributed by atoms with E-state index in [1.807, 2.05) is 0 Å². The second-order valence-electron chi connectivity index (χ2n) is 13.4. The highest BCUT2D eigenvalue weighted by molar-refractivity contribution is 4.96. The van der Waals surface area contributed by atoms with Gasteiger partial charge < -0.3 is 21.1 Å². The van der Waals surface area contributed by atoms with E-state index < -0.39 is 0 Å². The number of fused-ring (bicyclic) bond motifs is 4. The molecule has 4 N–H and O–H groups in total. The summed E-state index contributed by atoms with van der Waals surface area (Å²) in [5.74, 6) is 7.20. The average molecular weight is 474 g/mol. The molecule has 8 unspecified atom stereocenters. The highest BCUT2D eigenvalue weighted by atomic mass is 16.3. The lowest BCUT2D eigenvalue weighted by molar-refractivity contribution is 0.0923. The van der Waals surface area contributed by atoms with Crippen molar-refractivity contribution in [2.75, 3.05) is 32.7 Å². The Hall–Kier alpha value is -0.160. The van der Waals surface area contributed by atoms with Crippen LogP contribution in [0.1, 0.15) is 103 Å². The lowest BCUT2D eigenvalue weighted by atomic mass is 9.80. The first-order chi connectivity index (χ1) is 16.7. The summed E-state index contributed by atoms with van der Waals surface area (Å²) in [6, 6.07) is 0.776. The topological polar surface area (TPSA) is 61.5 Å². The minimum absolute atomic E-state index is 0.356. The summed E-state index contributed by atoms with van der Waals surface area (Å²) in [5, 5.41) is 14.0. The van der Waals surface area contributed by atoms with Gasteiger partial charge in [-0.1, -0.05) is 44.9 Å². The molecule has 1 saturated heterocycles. The average Bonchev–Trinajstić information content (AvgIpc) is 3.66. The molecular formula is C30H55N3O. The Balaban J connectivity index is 1.00. The van der Waals surface area contributed by atoms with Crippen molar-refractivity contribution in [2.45, 2.75) is 115 Å². The molecule has 0 spiro atoms. The van der Waals surface area contributed by atoms with Crippen molar-refractivity contribution in [1.82, 2.24) is 10.2 Å². The lowest BCUT2D eigenvalue weighted by Crippen LogP contribution is -2.45. The van der Waals surface area contributed by atoms with E-state index >= 15 is 0 Å². The summed E-state index contributed by atoms with van der Waals surface area (Å²) in [5.41, 5.74) is 5.60. The first-order valence-corrected chi connectivity index (χ1v) is 15.5. The van der Waals surface area contributed by atoms with Gasteiger partial charge in [-0.3, -0.25) is 0 Å². The molecule has 4 heteroatoms. The second kappa shape index (κ2) is 12.4. The van der Waals surface area contributed by atoms with E-state index in [0.717, 1.165) is 67.1 Å². The number of aliphatic hydroxyl groups is 1. The number of piperidine rings is 1. The van der Waals surface area contributed by atoms with Crippen molar-refractivity contribution >= 4 is 0 Å². The predicted octanol–water partition coefficient (Wildman–Crippen LogP) is 5.19. The van der Waals surface area contributed by atoms with Gasteiger partial charge in [0.1, 0.15) is 0 Å². The van der Waals surface area contributed by atoms with Gasteiger partial charge in [-0.15, -0.1) is 0 Å². The fraction of sp³-hybridized carbons (Fsp3) is 1.00. The van der Waals surface area contributed by atoms with Gasteiger partial charge in [-0.25, -0.2) is 0 Å². The molecule has 5 fully saturated rings. The Kier molecular flexibility index (Phi) is 9.29. The molecule has 8 atom stereocenters. The summed E-state index contributed by atoms with van der Waals surface area (Å²) in [4.78, 5) is 2.41. The molecule has 0 aromatic rings. The molecule has 0 amide bonds. The zero-order chi connectivity index (χ0) is 23.3. The number of likely N-dealkylation sites (tertiary alicyclic amines) is 1. The fourth-order valence-electron chi connectivity index (χ4n) is 9.17. The molecule has 5 rings (SSSR count). The fourth-order valence-corrected chi connectivity index (χ4v) is 9.17. The Labute approximate surface area is 210 Å². The molecule has 34 heavy (non-hydrogen) atoms. The molecule has 0 aromatic heterocycles. The van der Waals surface area contributed by atoms with Crippen LogP contribution in [0.15, 0.2) is 0 Å². The van der Waals surface area contributed by atoms with Crippen molar-refractivity contribution in [3.63, 3.8) is 0 Å². The summed E-state index contributed by atoms with van der Waals surface area (Å²) < 4.78 is 0. The maximum Gasteiger partial charge on any atom is 0.0789 e. The van der Waals surface area contributed by atoms with Gasteiger partial charge in [0.15, 0.2) is 0 Å². The van der Waals surface area contributed by atoms with Crippen LogP contribution in [0, 0.1) is 41.4 Å². The normalized spacial score (nSPS) is 37.6. The van der Waals surface area contributed by atoms with Crippen LogP contribution in [-0.4, -0.2) is 54.9 Å². The molecule has 196 valence electrons. The first kappa shape index (κ1) is 25.5. The van der Waals surface area contributed by atoms with Gasteiger partial charge in [0, 0.05) is 19.1 Å². The number of hydrogen-bond acceptors (Lipinski definition) is 4. The van der Waals surface area contributed by atoms with Crippen molar-refractivity contribution in [1.29, 1.82) is 0 Å². The molecule has 1 aliphatic heterocycles. The largest absolute Gasteiger partial charge is 0.390 e. The summed E-state index contributed by atoms with van der Waals surface area (Å²) in [6.45, 7) is 4.62. The molecule has 0 radical (unpaired) electrons. The van der Waals surface area contributed by atoms with Crippen LogP contribution >= 0.6 is 0 Å². The van der Waals surface area contributed by atoms with Gasteiger partial charge in [-0.05, 0) is 119 Å².